The van der Waals surface area contributed by atoms with Gasteiger partial charge in [0.25, 0.3) is 0 Å². The number of unbranched alkanes of at least 4 members (excludes halogenated alkanes) is 2. The van der Waals surface area contributed by atoms with Gasteiger partial charge in [-0.1, -0.05) is 31.4 Å². The minimum Gasteiger partial charge on any atom is -0.483 e. The van der Waals surface area contributed by atoms with Crippen molar-refractivity contribution in [1.29, 1.82) is 0 Å². The molecule has 1 aliphatic heterocycles. The molecule has 23 heavy (non-hydrogen) atoms. The van der Waals surface area contributed by atoms with Gasteiger partial charge < -0.3 is 4.74 Å². The third kappa shape index (κ3) is 4.95. The molecule has 0 aliphatic carbocycles. The van der Waals surface area contributed by atoms with Crippen LogP contribution in [0.5, 0.6) is 5.75 Å². The Hall–Kier alpha value is -1.57. The molecular weight excluding hydrogens is 287 g/mol. The van der Waals surface area contributed by atoms with Crippen molar-refractivity contribution in [3.63, 3.8) is 0 Å². The van der Waals surface area contributed by atoms with E-state index in [0.29, 0.717) is 11.3 Å². The normalized spacial score (nSPS) is 19.2. The average Bonchev–Trinajstić information content (AvgIpc) is 2.46. The summed E-state index contributed by atoms with van der Waals surface area (Å²) in [5.74, 6) is 0.523. The Morgan fingerprint density at radius 2 is 2.04 bits per heavy atom. The molecule has 1 heterocycles. The number of ether oxygens (including phenoxy) is 1. The largest absolute Gasteiger partial charge is 0.483 e. The lowest BCUT2D eigenvalue weighted by Crippen LogP contribution is -2.32. The number of fused-ring (bicyclic) bond motifs is 1. The van der Waals surface area contributed by atoms with E-state index in [1.54, 1.807) is 6.07 Å². The smallest absolute Gasteiger partial charge is 0.134 e. The molecule has 1 atom stereocenters. The summed E-state index contributed by atoms with van der Waals surface area (Å²) in [6.07, 6.45) is 12.3. The van der Waals surface area contributed by atoms with Crippen LogP contribution in [0.15, 0.2) is 29.9 Å². The van der Waals surface area contributed by atoms with Gasteiger partial charge in [0.15, 0.2) is 0 Å². The van der Waals surface area contributed by atoms with Crippen LogP contribution in [0.4, 0.5) is 4.39 Å². The topological polar surface area (TPSA) is 9.23 Å². The molecule has 1 nitrogen and oxygen atoms in total. The minimum atomic E-state index is -0.354. The summed E-state index contributed by atoms with van der Waals surface area (Å²) in [4.78, 5) is 0. The van der Waals surface area contributed by atoms with Crippen LogP contribution in [0.1, 0.15) is 70.9 Å². The molecule has 0 radical (unpaired) electrons. The molecule has 0 saturated heterocycles. The number of allylic oxidation sites excluding steroid dienone is 2. The van der Waals surface area contributed by atoms with Crippen LogP contribution in [0.2, 0.25) is 0 Å². The maximum absolute atomic E-state index is 14.3. The first kappa shape index (κ1) is 17.8. The fourth-order valence-corrected chi connectivity index (χ4v) is 2.94. The summed E-state index contributed by atoms with van der Waals surface area (Å²) in [5.41, 5.74) is 2.59. The zero-order valence-electron chi connectivity index (χ0n) is 14.9. The Morgan fingerprint density at radius 3 is 2.74 bits per heavy atom. The highest BCUT2D eigenvalue weighted by atomic mass is 19.1. The maximum atomic E-state index is 14.3. The first-order chi connectivity index (χ1) is 10.9. The molecule has 126 valence electrons. The van der Waals surface area contributed by atoms with Crippen molar-refractivity contribution in [2.45, 2.75) is 71.8 Å². The van der Waals surface area contributed by atoms with Crippen LogP contribution < -0.4 is 4.74 Å². The monoisotopic (exact) mass is 316 g/mol. The van der Waals surface area contributed by atoms with Crippen molar-refractivity contribution >= 4 is 6.08 Å². The van der Waals surface area contributed by atoms with Gasteiger partial charge in [0, 0.05) is 0 Å². The molecule has 1 unspecified atom stereocenters. The van der Waals surface area contributed by atoms with Gasteiger partial charge in [0.2, 0.25) is 0 Å². The third-order valence-corrected chi connectivity index (χ3v) is 4.36. The van der Waals surface area contributed by atoms with Gasteiger partial charge in [-0.05, 0) is 76.3 Å². The lowest BCUT2D eigenvalue weighted by Gasteiger charge is -2.32. The molecule has 0 fully saturated rings. The molecule has 1 aliphatic rings. The van der Waals surface area contributed by atoms with Crippen LogP contribution in [-0.2, 0) is 6.42 Å². The van der Waals surface area contributed by atoms with E-state index in [0.717, 1.165) is 31.2 Å². The number of aryl methyl sites for hydroxylation is 1. The lowest BCUT2D eigenvalue weighted by atomic mass is 9.93. The summed E-state index contributed by atoms with van der Waals surface area (Å²) in [7, 11) is 0. The molecule has 0 amide bonds. The molecule has 1 aromatic carbocycles. The van der Waals surface area contributed by atoms with E-state index in [9.17, 15) is 4.39 Å². The maximum Gasteiger partial charge on any atom is 0.134 e. The molecule has 2 rings (SSSR count). The predicted octanol–water partition coefficient (Wildman–Crippen LogP) is 6.47. The number of hydrogen-bond acceptors (Lipinski definition) is 1. The number of halogens is 1. The Kier molecular flexibility index (Phi) is 6.04. The SMILES string of the molecule is CCCCCc1cc(F)c2c(c1)OC(C)(CCC=C(C)C)C=C2. The van der Waals surface area contributed by atoms with Gasteiger partial charge in [0.05, 0.1) is 5.56 Å². The van der Waals surface area contributed by atoms with Crippen LogP contribution in [0, 0.1) is 5.82 Å². The molecule has 0 saturated carbocycles. The number of benzene rings is 1. The molecule has 0 aromatic heterocycles. The third-order valence-electron chi connectivity index (χ3n) is 4.36. The summed E-state index contributed by atoms with van der Waals surface area (Å²) < 4.78 is 20.5. The van der Waals surface area contributed by atoms with Crippen LogP contribution in [0.3, 0.4) is 0 Å². The molecular formula is C21H29FO. The van der Waals surface area contributed by atoms with Crippen LogP contribution >= 0.6 is 0 Å². The summed E-state index contributed by atoms with van der Waals surface area (Å²) in [6.45, 7) is 8.46. The predicted molar refractivity (Wildman–Crippen MR) is 96.4 cm³/mol. The lowest BCUT2D eigenvalue weighted by molar-refractivity contribution is 0.128. The van der Waals surface area contributed by atoms with E-state index < -0.39 is 0 Å². The van der Waals surface area contributed by atoms with E-state index in [-0.39, 0.29) is 11.4 Å². The number of rotatable bonds is 7. The van der Waals surface area contributed by atoms with Crippen LogP contribution in [0.25, 0.3) is 6.08 Å². The molecule has 0 spiro atoms. The highest BCUT2D eigenvalue weighted by Crippen LogP contribution is 2.36. The Balaban J connectivity index is 2.13. The Labute approximate surface area is 140 Å². The second-order valence-electron chi connectivity index (χ2n) is 7.01. The zero-order chi connectivity index (χ0) is 16.9. The fourth-order valence-electron chi connectivity index (χ4n) is 2.94. The van der Waals surface area contributed by atoms with Gasteiger partial charge in [0.1, 0.15) is 17.2 Å². The van der Waals surface area contributed by atoms with Crippen molar-refractivity contribution < 1.29 is 9.13 Å². The minimum absolute atomic E-state index is 0.170. The van der Waals surface area contributed by atoms with E-state index >= 15 is 0 Å². The van der Waals surface area contributed by atoms with E-state index in [1.807, 2.05) is 18.2 Å². The van der Waals surface area contributed by atoms with Gasteiger partial charge in [-0.3, -0.25) is 0 Å². The molecule has 0 bridgehead atoms. The Bertz CT molecular complexity index is 596. The highest BCUT2D eigenvalue weighted by molar-refractivity contribution is 5.62. The van der Waals surface area contributed by atoms with Crippen molar-refractivity contribution in [2.75, 3.05) is 0 Å². The van der Waals surface area contributed by atoms with E-state index in [4.69, 9.17) is 4.74 Å². The summed E-state index contributed by atoms with van der Waals surface area (Å²) >= 11 is 0. The highest BCUT2D eigenvalue weighted by Gasteiger charge is 2.28. The van der Waals surface area contributed by atoms with Crippen molar-refractivity contribution in [1.82, 2.24) is 0 Å². The zero-order valence-corrected chi connectivity index (χ0v) is 14.9. The van der Waals surface area contributed by atoms with Gasteiger partial charge in [-0.15, -0.1) is 0 Å². The van der Waals surface area contributed by atoms with E-state index in [1.165, 1.54) is 18.4 Å². The second kappa shape index (κ2) is 7.81. The number of hydrogen-bond donors (Lipinski definition) is 0. The van der Waals surface area contributed by atoms with Gasteiger partial charge in [-0.2, -0.15) is 0 Å². The average molecular weight is 316 g/mol. The standard InChI is InChI=1S/C21H29FO/c1-5-6-7-10-17-14-19(22)18-11-13-21(4,23-20(18)15-17)12-8-9-16(2)3/h9,11,13-15H,5-8,10,12H2,1-4H3. The summed E-state index contributed by atoms with van der Waals surface area (Å²) in [6, 6.07) is 3.69. The molecule has 2 heteroatoms. The quantitative estimate of drug-likeness (QED) is 0.414. The van der Waals surface area contributed by atoms with Gasteiger partial charge in [-0.25, -0.2) is 4.39 Å². The Morgan fingerprint density at radius 1 is 1.26 bits per heavy atom. The fraction of sp³-hybridized carbons (Fsp3) is 0.524. The van der Waals surface area contributed by atoms with Crippen molar-refractivity contribution in [3.8, 4) is 5.75 Å². The van der Waals surface area contributed by atoms with Crippen molar-refractivity contribution in [3.05, 3.63) is 46.8 Å². The van der Waals surface area contributed by atoms with Gasteiger partial charge >= 0.3 is 0 Å². The first-order valence-electron chi connectivity index (χ1n) is 8.77. The molecule has 0 N–H and O–H groups in total. The van der Waals surface area contributed by atoms with Crippen LogP contribution in [-0.4, -0.2) is 5.60 Å². The second-order valence-corrected chi connectivity index (χ2v) is 7.01. The van der Waals surface area contributed by atoms with Crippen molar-refractivity contribution in [2.24, 2.45) is 0 Å². The van der Waals surface area contributed by atoms with E-state index in [2.05, 4.69) is 33.8 Å². The summed E-state index contributed by atoms with van der Waals surface area (Å²) in [5, 5.41) is 0. The first-order valence-corrected chi connectivity index (χ1v) is 8.77. The molecule has 1 aromatic rings.